The molecule has 0 spiro atoms. The minimum atomic E-state index is -0.478. The van der Waals surface area contributed by atoms with E-state index in [-0.39, 0.29) is 76.7 Å². The standard InChI is InChI=1S/2C10H15.C8H6N4O4.2ClH.2Ir/c2*1-6-7(2)9(4)10(5)8(6)3;13-3-1-4(14)10-7(9-3)8-11-5(15)2-6(16)12-8;;;;/h2*1-5H3;1-2H,(H2,9,10,13,14)(H2,11,12,15,16);2*1H;;/q2*-1;;;;2*+3/p-2. The summed E-state index contributed by atoms with van der Waals surface area (Å²) in [6, 6.07) is 1.85. The zero-order valence-electron chi connectivity index (χ0n) is 24.2. The Morgan fingerprint density at radius 3 is 0.750 bits per heavy atom. The van der Waals surface area contributed by atoms with Crippen LogP contribution in [0, 0.1) is 69.2 Å². The molecule has 4 rings (SSSR count). The molecule has 0 fully saturated rings. The molecule has 0 atom stereocenters. The van der Waals surface area contributed by atoms with Crippen molar-refractivity contribution in [3.63, 3.8) is 0 Å². The second kappa shape index (κ2) is 17.7. The zero-order valence-corrected chi connectivity index (χ0v) is 30.5. The first kappa shape index (κ1) is 42.4. The first-order valence-corrected chi connectivity index (χ1v) is 11.6. The van der Waals surface area contributed by atoms with E-state index in [0.29, 0.717) is 0 Å². The molecule has 2 aromatic heterocycles. The second-order valence-electron chi connectivity index (χ2n) is 9.07. The van der Waals surface area contributed by atoms with Crippen LogP contribution in [0.25, 0.3) is 11.6 Å². The van der Waals surface area contributed by atoms with Gasteiger partial charge in [0, 0.05) is 0 Å². The molecule has 0 unspecified atom stereocenters. The van der Waals surface area contributed by atoms with Crippen molar-refractivity contribution < 1.29 is 85.5 Å². The number of hydrogen-bond donors (Lipinski definition) is 4. The van der Waals surface area contributed by atoms with Crippen LogP contribution < -0.4 is 24.8 Å². The van der Waals surface area contributed by atoms with Crippen LogP contribution in [0.5, 0.6) is 23.5 Å². The van der Waals surface area contributed by atoms with E-state index in [0.717, 1.165) is 12.1 Å². The van der Waals surface area contributed by atoms with Crippen molar-refractivity contribution in [3.05, 3.63) is 67.8 Å². The van der Waals surface area contributed by atoms with Crippen molar-refractivity contribution >= 4 is 0 Å². The molecular formula is C28H36Cl2Ir2N4O4+2. The van der Waals surface area contributed by atoms with Crippen LogP contribution >= 0.6 is 0 Å². The molecule has 0 amide bonds. The molecule has 40 heavy (non-hydrogen) atoms. The summed E-state index contributed by atoms with van der Waals surface area (Å²) in [5.41, 5.74) is 14.7. The number of aromatic nitrogens is 4. The van der Waals surface area contributed by atoms with Crippen LogP contribution in [0.2, 0.25) is 0 Å². The van der Waals surface area contributed by atoms with Gasteiger partial charge in [-0.2, -0.15) is 75.6 Å². The van der Waals surface area contributed by atoms with Gasteiger partial charge in [0.25, 0.3) is 0 Å². The molecule has 0 saturated heterocycles. The van der Waals surface area contributed by atoms with E-state index in [1.807, 2.05) is 0 Å². The minimum absolute atomic E-state index is 0. The molecule has 12 heteroatoms. The van der Waals surface area contributed by atoms with Crippen LogP contribution in [-0.2, 0) is 40.2 Å². The maximum absolute atomic E-state index is 9.10. The van der Waals surface area contributed by atoms with E-state index >= 15 is 0 Å². The zero-order chi connectivity index (χ0) is 27.5. The number of rotatable bonds is 1. The summed E-state index contributed by atoms with van der Waals surface area (Å²) in [5, 5.41) is 36.4. The molecule has 222 valence electrons. The van der Waals surface area contributed by atoms with E-state index < -0.39 is 23.5 Å². The van der Waals surface area contributed by atoms with E-state index in [2.05, 4.69) is 89.2 Å². The van der Waals surface area contributed by atoms with E-state index in [9.17, 15) is 0 Å². The van der Waals surface area contributed by atoms with Gasteiger partial charge in [-0.15, -0.1) is 0 Å². The summed E-state index contributed by atoms with van der Waals surface area (Å²) in [7, 11) is 0. The molecular weight excluding hydrogens is 912 g/mol. The third-order valence-electron chi connectivity index (χ3n) is 7.22. The van der Waals surface area contributed by atoms with Gasteiger partial charge in [-0.05, 0) is 0 Å². The summed E-state index contributed by atoms with van der Waals surface area (Å²) in [6.45, 7) is 22.0. The predicted molar refractivity (Wildman–Crippen MR) is 141 cm³/mol. The van der Waals surface area contributed by atoms with Gasteiger partial charge in [-0.25, -0.2) is 0 Å². The van der Waals surface area contributed by atoms with Crippen molar-refractivity contribution in [3.8, 4) is 35.2 Å². The topological polar surface area (TPSA) is 132 Å². The fourth-order valence-electron chi connectivity index (χ4n) is 3.86. The molecule has 4 aromatic rings. The monoisotopic (exact) mass is 948 g/mol. The molecule has 0 aliphatic carbocycles. The van der Waals surface area contributed by atoms with Gasteiger partial charge < -0.3 is 45.2 Å². The van der Waals surface area contributed by atoms with Crippen molar-refractivity contribution in [2.24, 2.45) is 0 Å². The summed E-state index contributed by atoms with van der Waals surface area (Å²) in [4.78, 5) is 14.1. The normalized spacial score (nSPS) is 9.35. The number of nitrogens with zero attached hydrogens (tertiary/aromatic N) is 4. The number of aromatic hydroxyl groups is 4. The molecule has 0 aliphatic rings. The van der Waals surface area contributed by atoms with Crippen molar-refractivity contribution in [1.29, 1.82) is 0 Å². The minimum Gasteiger partial charge on any atom is -1.00 e. The first-order chi connectivity index (χ1) is 16.6. The number of halogens is 2. The Morgan fingerprint density at radius 1 is 0.450 bits per heavy atom. The quantitative estimate of drug-likeness (QED) is 0.191. The Morgan fingerprint density at radius 2 is 0.625 bits per heavy atom. The van der Waals surface area contributed by atoms with Crippen LogP contribution in [0.3, 0.4) is 0 Å². The Hall–Kier alpha value is -2.06. The van der Waals surface area contributed by atoms with Gasteiger partial charge in [-0.1, -0.05) is 69.2 Å². The van der Waals surface area contributed by atoms with E-state index in [4.69, 9.17) is 20.4 Å². The van der Waals surface area contributed by atoms with Gasteiger partial charge in [0.05, 0.1) is 12.1 Å². The molecule has 4 N–H and O–H groups in total. The van der Waals surface area contributed by atoms with Crippen LogP contribution in [0.4, 0.5) is 0 Å². The van der Waals surface area contributed by atoms with Crippen molar-refractivity contribution in [2.45, 2.75) is 69.2 Å². The fraction of sp³-hybridized carbons (Fsp3) is 0.357. The Kier molecular flexibility index (Phi) is 18.7. The second-order valence-corrected chi connectivity index (χ2v) is 9.07. The molecule has 8 nitrogen and oxygen atoms in total. The maximum atomic E-state index is 9.10. The van der Waals surface area contributed by atoms with E-state index in [1.54, 1.807) is 0 Å². The molecule has 2 heterocycles. The van der Waals surface area contributed by atoms with Crippen LogP contribution in [-0.4, -0.2) is 40.4 Å². The van der Waals surface area contributed by atoms with E-state index in [1.165, 1.54) is 55.6 Å². The fourth-order valence-corrected chi connectivity index (χ4v) is 3.86. The van der Waals surface area contributed by atoms with Gasteiger partial charge >= 0.3 is 40.2 Å². The molecule has 0 radical (unpaired) electrons. The average molecular weight is 948 g/mol. The summed E-state index contributed by atoms with van der Waals surface area (Å²) >= 11 is 0. The van der Waals surface area contributed by atoms with Crippen molar-refractivity contribution in [2.75, 3.05) is 0 Å². The molecule has 0 aliphatic heterocycles. The van der Waals surface area contributed by atoms with Gasteiger partial charge in [0.15, 0.2) is 0 Å². The van der Waals surface area contributed by atoms with Crippen LogP contribution in [0.15, 0.2) is 12.1 Å². The average Bonchev–Trinajstić information content (AvgIpc) is 3.08. The molecule has 0 bridgehead atoms. The molecule has 2 aromatic carbocycles. The van der Waals surface area contributed by atoms with Gasteiger partial charge in [0.2, 0.25) is 35.2 Å². The Labute approximate surface area is 276 Å². The largest absolute Gasteiger partial charge is 3.00 e. The first-order valence-electron chi connectivity index (χ1n) is 11.6. The summed E-state index contributed by atoms with van der Waals surface area (Å²) < 4.78 is 0. The smallest absolute Gasteiger partial charge is 1.00 e. The maximum Gasteiger partial charge on any atom is 3.00 e. The third kappa shape index (κ3) is 10.1. The van der Waals surface area contributed by atoms with Gasteiger partial charge in [-0.3, -0.25) is 0 Å². The predicted octanol–water partition coefficient (Wildman–Crippen LogP) is -0.346. The molecule has 0 saturated carbocycles. The Balaban J connectivity index is -0.000000509. The number of hydrogen-bond acceptors (Lipinski definition) is 8. The van der Waals surface area contributed by atoms with Crippen molar-refractivity contribution in [1.82, 2.24) is 19.9 Å². The summed E-state index contributed by atoms with van der Waals surface area (Å²) in [5.74, 6) is -2.35. The Bertz CT molecular complexity index is 1100. The third-order valence-corrected chi connectivity index (χ3v) is 7.22. The van der Waals surface area contributed by atoms with Crippen LogP contribution in [0.1, 0.15) is 55.6 Å². The summed E-state index contributed by atoms with van der Waals surface area (Å²) in [6.07, 6.45) is 0. The SMILES string of the molecule is Cc1c(C)c(C)[c-](C)c1C.Cc1c(C)c(C)[c-](C)c1C.Oc1cc(O)nc(-c2nc(O)cc(O)n2)n1.[Cl-].[Cl-].[Ir+3].[Ir+3]. The van der Waals surface area contributed by atoms with Gasteiger partial charge in [0.1, 0.15) is 0 Å².